The van der Waals surface area contributed by atoms with Gasteiger partial charge in [-0.2, -0.15) is 4.57 Å². The van der Waals surface area contributed by atoms with Crippen LogP contribution in [0.25, 0.3) is 17.0 Å². The fourth-order valence-corrected chi connectivity index (χ4v) is 5.37. The van der Waals surface area contributed by atoms with Gasteiger partial charge >= 0.3 is 0 Å². The minimum absolute atomic E-state index is 0.962. The van der Waals surface area contributed by atoms with Gasteiger partial charge in [0.15, 0.2) is 0 Å². The second kappa shape index (κ2) is 7.05. The fraction of sp³-hybridized carbons (Fsp3) is 0.292. The maximum atomic E-state index is 2.46. The van der Waals surface area contributed by atoms with Crippen LogP contribution in [0, 0.1) is 20.8 Å². The number of hydrogen-bond acceptors (Lipinski definition) is 2. The fourth-order valence-electron chi connectivity index (χ4n) is 4.20. The first-order valence-corrected chi connectivity index (χ1v) is 10.6. The van der Waals surface area contributed by atoms with E-state index in [1.54, 1.807) is 0 Å². The van der Waals surface area contributed by atoms with E-state index in [4.69, 9.17) is 0 Å². The Morgan fingerprint density at radius 1 is 1.00 bits per heavy atom. The largest absolute Gasteiger partial charge is 0.335 e. The van der Waals surface area contributed by atoms with Crippen molar-refractivity contribution in [1.29, 1.82) is 0 Å². The van der Waals surface area contributed by atoms with Gasteiger partial charge in [0.05, 0.1) is 10.7 Å². The zero-order valence-corrected chi connectivity index (χ0v) is 17.7. The third kappa shape index (κ3) is 3.04. The summed E-state index contributed by atoms with van der Waals surface area (Å²) in [5.41, 5.74) is 7.99. The van der Waals surface area contributed by atoms with Gasteiger partial charge in [-0.3, -0.25) is 0 Å². The summed E-state index contributed by atoms with van der Waals surface area (Å²) >= 11 is 1.87. The van der Waals surface area contributed by atoms with Crippen LogP contribution in [-0.4, -0.2) is 6.54 Å². The Morgan fingerprint density at radius 3 is 2.52 bits per heavy atom. The summed E-state index contributed by atoms with van der Waals surface area (Å²) in [4.78, 5) is 3.76. The zero-order chi connectivity index (χ0) is 19.1. The smallest absolute Gasteiger partial charge is 0.216 e. The van der Waals surface area contributed by atoms with Crippen LogP contribution in [0.15, 0.2) is 52.4 Å². The lowest BCUT2D eigenvalue weighted by atomic mass is 10.0. The number of pyridine rings is 1. The molecule has 2 heterocycles. The summed E-state index contributed by atoms with van der Waals surface area (Å²) < 4.78 is 2.46. The molecule has 0 saturated heterocycles. The van der Waals surface area contributed by atoms with E-state index < -0.39 is 0 Å². The molecule has 27 heavy (non-hydrogen) atoms. The van der Waals surface area contributed by atoms with E-state index in [1.165, 1.54) is 48.9 Å². The summed E-state index contributed by atoms with van der Waals surface area (Å²) in [5.74, 6) is 0. The Hall–Kier alpha value is -2.26. The minimum Gasteiger partial charge on any atom is -0.335 e. The standard InChI is InChI=1S/C24H27N2S/c1-6-25-19(14-17(4)20-13-16(3)12-18(5)24(20)25)15-23-26(7-2)21-10-8-9-11-22(21)27-23/h8-15H,6-7H2,1-5H3/q+1. The third-order valence-corrected chi connectivity index (χ3v) is 6.47. The van der Waals surface area contributed by atoms with Crippen molar-refractivity contribution in [2.45, 2.75) is 46.1 Å². The van der Waals surface area contributed by atoms with Gasteiger partial charge in [0.2, 0.25) is 11.2 Å². The Bertz CT molecular complexity index is 1070. The molecule has 1 aromatic heterocycles. The highest BCUT2D eigenvalue weighted by Gasteiger charge is 2.26. The number of aryl methyl sites for hydroxylation is 4. The van der Waals surface area contributed by atoms with Crippen LogP contribution in [0.3, 0.4) is 0 Å². The second-order valence-electron chi connectivity index (χ2n) is 7.27. The molecule has 3 heteroatoms. The van der Waals surface area contributed by atoms with Crippen LogP contribution >= 0.6 is 11.8 Å². The van der Waals surface area contributed by atoms with Crippen LogP contribution in [0.5, 0.6) is 0 Å². The Kier molecular flexibility index (Phi) is 4.73. The van der Waals surface area contributed by atoms with Gasteiger partial charge in [0.1, 0.15) is 6.54 Å². The number of rotatable bonds is 3. The average Bonchev–Trinajstić information content (AvgIpc) is 2.99. The first-order valence-electron chi connectivity index (χ1n) is 9.74. The molecule has 0 atom stereocenters. The van der Waals surface area contributed by atoms with Crippen molar-refractivity contribution in [3.8, 4) is 0 Å². The van der Waals surface area contributed by atoms with Gasteiger partial charge in [-0.25, -0.2) is 0 Å². The second-order valence-corrected chi connectivity index (χ2v) is 8.33. The predicted molar refractivity (Wildman–Crippen MR) is 117 cm³/mol. The molecule has 0 unspecified atom stereocenters. The molecular weight excluding hydrogens is 348 g/mol. The Morgan fingerprint density at radius 2 is 1.78 bits per heavy atom. The molecule has 0 amide bonds. The van der Waals surface area contributed by atoms with E-state index in [1.807, 2.05) is 11.8 Å². The van der Waals surface area contributed by atoms with Crippen molar-refractivity contribution in [3.05, 3.63) is 69.9 Å². The molecular formula is C24H27N2S+. The van der Waals surface area contributed by atoms with Gasteiger partial charge in [0.25, 0.3) is 0 Å². The molecule has 3 aromatic rings. The third-order valence-electron chi connectivity index (χ3n) is 5.36. The lowest BCUT2D eigenvalue weighted by Gasteiger charge is -2.18. The first kappa shape index (κ1) is 18.1. The van der Waals surface area contributed by atoms with Crippen LogP contribution < -0.4 is 9.47 Å². The minimum atomic E-state index is 0.962. The molecule has 1 aliphatic heterocycles. The van der Waals surface area contributed by atoms with Gasteiger partial charge < -0.3 is 4.90 Å². The van der Waals surface area contributed by atoms with Gasteiger partial charge in [0, 0.05) is 34.5 Å². The Labute approximate surface area is 166 Å². The van der Waals surface area contributed by atoms with Gasteiger partial charge in [-0.05, 0) is 70.0 Å². The normalized spacial score (nSPS) is 15.0. The zero-order valence-electron chi connectivity index (χ0n) is 16.8. The Balaban J connectivity index is 1.91. The van der Waals surface area contributed by atoms with Crippen LogP contribution in [0.1, 0.15) is 36.2 Å². The van der Waals surface area contributed by atoms with Gasteiger partial charge in [-0.15, -0.1) is 0 Å². The van der Waals surface area contributed by atoms with Crippen molar-refractivity contribution in [1.82, 2.24) is 0 Å². The number of nitrogens with zero attached hydrogens (tertiary/aromatic N) is 2. The quantitative estimate of drug-likeness (QED) is 0.518. The monoisotopic (exact) mass is 375 g/mol. The van der Waals surface area contributed by atoms with Crippen molar-refractivity contribution >= 4 is 34.4 Å². The molecule has 2 nitrogen and oxygen atoms in total. The highest BCUT2D eigenvalue weighted by molar-refractivity contribution is 8.03. The molecule has 0 saturated carbocycles. The summed E-state index contributed by atoms with van der Waals surface area (Å²) in [6.07, 6.45) is 2.36. The van der Waals surface area contributed by atoms with Crippen molar-refractivity contribution in [2.24, 2.45) is 0 Å². The predicted octanol–water partition coefficient (Wildman–Crippen LogP) is 6.00. The average molecular weight is 376 g/mol. The molecule has 0 aliphatic carbocycles. The lowest BCUT2D eigenvalue weighted by molar-refractivity contribution is -0.669. The van der Waals surface area contributed by atoms with E-state index >= 15 is 0 Å². The highest BCUT2D eigenvalue weighted by Crippen LogP contribution is 2.46. The number of hydrogen-bond donors (Lipinski definition) is 0. The molecule has 1 aliphatic rings. The van der Waals surface area contributed by atoms with E-state index in [0.29, 0.717) is 0 Å². The summed E-state index contributed by atoms with van der Waals surface area (Å²) in [7, 11) is 0. The molecule has 4 rings (SSSR count). The molecule has 0 N–H and O–H groups in total. The van der Waals surface area contributed by atoms with Crippen LogP contribution in [-0.2, 0) is 6.54 Å². The lowest BCUT2D eigenvalue weighted by Crippen LogP contribution is -2.38. The molecule has 0 fully saturated rings. The number of fused-ring (bicyclic) bond motifs is 2. The van der Waals surface area contributed by atoms with Gasteiger partial charge in [-0.1, -0.05) is 23.9 Å². The summed E-state index contributed by atoms with van der Waals surface area (Å²) in [6.45, 7) is 13.1. The number of anilines is 1. The molecule has 0 spiro atoms. The number of benzene rings is 2. The maximum Gasteiger partial charge on any atom is 0.216 e. The molecule has 0 bridgehead atoms. The van der Waals surface area contributed by atoms with Crippen molar-refractivity contribution < 1.29 is 4.57 Å². The number of thioether (sulfide) groups is 1. The van der Waals surface area contributed by atoms with E-state index in [0.717, 1.165) is 13.1 Å². The first-order chi connectivity index (χ1) is 13.0. The maximum absolute atomic E-state index is 2.46. The topological polar surface area (TPSA) is 7.12 Å². The van der Waals surface area contributed by atoms with Crippen molar-refractivity contribution in [3.63, 3.8) is 0 Å². The molecule has 0 radical (unpaired) electrons. The van der Waals surface area contributed by atoms with E-state index in [2.05, 4.69) is 92.6 Å². The summed E-state index contributed by atoms with van der Waals surface area (Å²) in [5, 5.41) is 2.68. The van der Waals surface area contributed by atoms with E-state index in [9.17, 15) is 0 Å². The van der Waals surface area contributed by atoms with E-state index in [-0.39, 0.29) is 0 Å². The SMILES string of the molecule is CCN1/C(=C/c2cc(C)c3cc(C)cc(C)c3[n+]2CC)Sc2ccccc21. The van der Waals surface area contributed by atoms with Crippen molar-refractivity contribution in [2.75, 3.05) is 11.4 Å². The molecule has 138 valence electrons. The highest BCUT2D eigenvalue weighted by atomic mass is 32.2. The molecule has 2 aromatic carbocycles. The van der Waals surface area contributed by atoms with Crippen LogP contribution in [0.4, 0.5) is 5.69 Å². The summed E-state index contributed by atoms with van der Waals surface area (Å²) in [6, 6.07) is 15.6. The number of aromatic nitrogens is 1. The number of para-hydroxylation sites is 1. The van der Waals surface area contributed by atoms with Crippen LogP contribution in [0.2, 0.25) is 0 Å².